The van der Waals surface area contributed by atoms with Crippen molar-refractivity contribution in [3.05, 3.63) is 39.9 Å². The summed E-state index contributed by atoms with van der Waals surface area (Å²) in [6, 6.07) is 7.10. The van der Waals surface area contributed by atoms with Crippen molar-refractivity contribution in [3.63, 3.8) is 0 Å². The molecule has 5 heteroatoms. The second kappa shape index (κ2) is 6.82. The number of benzene rings is 1. The number of aliphatic carboxylic acids is 1. The maximum atomic E-state index is 10.8. The van der Waals surface area contributed by atoms with Gasteiger partial charge in [0.05, 0.1) is 5.56 Å². The predicted octanol–water partition coefficient (Wildman–Crippen LogP) is 3.12. The molecule has 0 amide bonds. The van der Waals surface area contributed by atoms with Crippen molar-refractivity contribution in [2.75, 3.05) is 6.61 Å². The Labute approximate surface area is 114 Å². The van der Waals surface area contributed by atoms with Crippen LogP contribution in [0.2, 0.25) is 0 Å². The van der Waals surface area contributed by atoms with Gasteiger partial charge in [-0.15, -0.1) is 0 Å². The molecule has 0 atom stereocenters. The summed E-state index contributed by atoms with van der Waals surface area (Å²) < 4.78 is 6.18. The second-order valence-electron chi connectivity index (χ2n) is 3.45. The number of halogens is 1. The summed E-state index contributed by atoms with van der Waals surface area (Å²) >= 11 is 3.26. The third-order valence-electron chi connectivity index (χ3n) is 2.29. The van der Waals surface area contributed by atoms with Crippen LogP contribution in [0.5, 0.6) is 5.75 Å². The minimum Gasteiger partial charge on any atom is -0.488 e. The molecule has 0 spiro atoms. The maximum Gasteiger partial charge on any atom is 0.331 e. The van der Waals surface area contributed by atoms with E-state index in [0.29, 0.717) is 23.3 Å². The van der Waals surface area contributed by atoms with Crippen molar-refractivity contribution < 1.29 is 14.6 Å². The van der Waals surface area contributed by atoms with Crippen LogP contribution in [0.3, 0.4) is 0 Å². The van der Waals surface area contributed by atoms with Crippen LogP contribution >= 0.6 is 15.9 Å². The van der Waals surface area contributed by atoms with Gasteiger partial charge in [-0.1, -0.05) is 22.9 Å². The number of rotatable bonds is 5. The van der Waals surface area contributed by atoms with E-state index in [0.717, 1.165) is 4.47 Å². The Bertz CT molecular complexity index is 517. The summed E-state index contributed by atoms with van der Waals surface area (Å²) in [5, 5.41) is 17.8. The van der Waals surface area contributed by atoms with E-state index in [2.05, 4.69) is 15.9 Å². The standard InChI is InChI=1S/C13H12BrNO3/c1-2-9(13(16)17)5-6-18-12-4-3-11(14)7-10(12)8-15/h3-5,7H,2,6H2,1H3,(H,16,17)/b9-5-. The van der Waals surface area contributed by atoms with Gasteiger partial charge in [-0.3, -0.25) is 0 Å². The lowest BCUT2D eigenvalue weighted by Crippen LogP contribution is -2.03. The highest BCUT2D eigenvalue weighted by molar-refractivity contribution is 9.10. The zero-order valence-corrected chi connectivity index (χ0v) is 11.4. The van der Waals surface area contributed by atoms with Crippen LogP contribution < -0.4 is 4.74 Å². The van der Waals surface area contributed by atoms with E-state index in [4.69, 9.17) is 15.1 Å². The molecule has 94 valence electrons. The Kier molecular flexibility index (Phi) is 5.40. The fourth-order valence-corrected chi connectivity index (χ4v) is 1.69. The first-order valence-electron chi connectivity index (χ1n) is 5.33. The van der Waals surface area contributed by atoms with Gasteiger partial charge in [-0.05, 0) is 30.7 Å². The number of hydrogen-bond acceptors (Lipinski definition) is 3. The number of hydrogen-bond donors (Lipinski definition) is 1. The largest absolute Gasteiger partial charge is 0.488 e. The summed E-state index contributed by atoms with van der Waals surface area (Å²) in [5.41, 5.74) is 0.705. The second-order valence-corrected chi connectivity index (χ2v) is 4.37. The molecule has 0 fully saturated rings. The number of carboxylic acids is 1. The molecule has 0 radical (unpaired) electrons. The van der Waals surface area contributed by atoms with E-state index in [1.165, 1.54) is 6.08 Å². The fourth-order valence-electron chi connectivity index (χ4n) is 1.33. The highest BCUT2D eigenvalue weighted by Gasteiger charge is 2.05. The average Bonchev–Trinajstić information content (AvgIpc) is 2.35. The third kappa shape index (κ3) is 3.90. The van der Waals surface area contributed by atoms with Gasteiger partial charge in [0.15, 0.2) is 0 Å². The van der Waals surface area contributed by atoms with Crippen molar-refractivity contribution in [3.8, 4) is 11.8 Å². The minimum atomic E-state index is -0.947. The monoisotopic (exact) mass is 309 g/mol. The molecule has 0 heterocycles. The van der Waals surface area contributed by atoms with E-state index in [9.17, 15) is 4.79 Å². The normalized spacial score (nSPS) is 10.8. The smallest absolute Gasteiger partial charge is 0.331 e. The Morgan fingerprint density at radius 1 is 1.61 bits per heavy atom. The van der Waals surface area contributed by atoms with Crippen molar-refractivity contribution in [2.45, 2.75) is 13.3 Å². The molecule has 1 aromatic rings. The Morgan fingerprint density at radius 2 is 2.33 bits per heavy atom. The van der Waals surface area contributed by atoms with Gasteiger partial charge in [0.1, 0.15) is 18.4 Å². The Hall–Kier alpha value is -1.80. The topological polar surface area (TPSA) is 70.3 Å². The van der Waals surface area contributed by atoms with Crippen molar-refractivity contribution in [2.24, 2.45) is 0 Å². The van der Waals surface area contributed by atoms with Crippen LogP contribution in [0.4, 0.5) is 0 Å². The molecule has 0 aliphatic carbocycles. The zero-order valence-electron chi connectivity index (χ0n) is 9.81. The molecular weight excluding hydrogens is 298 g/mol. The van der Waals surface area contributed by atoms with Gasteiger partial charge in [-0.2, -0.15) is 5.26 Å². The number of nitriles is 1. The molecule has 4 nitrogen and oxygen atoms in total. The molecule has 0 aliphatic heterocycles. The molecule has 0 unspecified atom stereocenters. The van der Waals surface area contributed by atoms with Crippen LogP contribution in [-0.2, 0) is 4.79 Å². The molecule has 18 heavy (non-hydrogen) atoms. The summed E-state index contributed by atoms with van der Waals surface area (Å²) in [5.74, 6) is -0.504. The first-order valence-corrected chi connectivity index (χ1v) is 6.12. The van der Waals surface area contributed by atoms with Gasteiger partial charge < -0.3 is 9.84 Å². The quantitative estimate of drug-likeness (QED) is 0.848. The first-order chi connectivity index (χ1) is 8.58. The van der Waals surface area contributed by atoms with E-state index in [1.807, 2.05) is 6.07 Å². The summed E-state index contributed by atoms with van der Waals surface area (Å²) in [4.78, 5) is 10.8. The molecule has 0 saturated heterocycles. The van der Waals surface area contributed by atoms with Crippen molar-refractivity contribution >= 4 is 21.9 Å². The lowest BCUT2D eigenvalue weighted by Gasteiger charge is -2.06. The average molecular weight is 310 g/mol. The van der Waals surface area contributed by atoms with Crippen LogP contribution in [0.1, 0.15) is 18.9 Å². The van der Waals surface area contributed by atoms with Crippen LogP contribution in [0.25, 0.3) is 0 Å². The van der Waals surface area contributed by atoms with Crippen LogP contribution in [0, 0.1) is 11.3 Å². The first kappa shape index (κ1) is 14.3. The van der Waals surface area contributed by atoms with Crippen molar-refractivity contribution in [1.82, 2.24) is 0 Å². The molecule has 1 N–H and O–H groups in total. The van der Waals surface area contributed by atoms with Crippen LogP contribution in [0.15, 0.2) is 34.3 Å². The highest BCUT2D eigenvalue weighted by Crippen LogP contribution is 2.22. The van der Waals surface area contributed by atoms with Gasteiger partial charge in [0.25, 0.3) is 0 Å². The molecule has 0 bridgehead atoms. The van der Waals surface area contributed by atoms with E-state index in [-0.39, 0.29) is 6.61 Å². The fraction of sp³-hybridized carbons (Fsp3) is 0.231. The maximum absolute atomic E-state index is 10.8. The van der Waals surface area contributed by atoms with E-state index >= 15 is 0 Å². The van der Waals surface area contributed by atoms with Crippen molar-refractivity contribution in [1.29, 1.82) is 5.26 Å². The van der Waals surface area contributed by atoms with E-state index in [1.54, 1.807) is 25.1 Å². The summed E-state index contributed by atoms with van der Waals surface area (Å²) in [6.07, 6.45) is 1.94. The number of carbonyl (C=O) groups is 1. The number of carboxylic acid groups (broad SMARTS) is 1. The predicted molar refractivity (Wildman–Crippen MR) is 70.4 cm³/mol. The molecule has 0 aromatic heterocycles. The van der Waals surface area contributed by atoms with Gasteiger partial charge in [0.2, 0.25) is 0 Å². The van der Waals surface area contributed by atoms with E-state index < -0.39 is 5.97 Å². The molecular formula is C13H12BrNO3. The van der Waals surface area contributed by atoms with Gasteiger partial charge >= 0.3 is 5.97 Å². The summed E-state index contributed by atoms with van der Waals surface area (Å²) in [7, 11) is 0. The third-order valence-corrected chi connectivity index (χ3v) is 2.78. The SMILES string of the molecule is CC/C(=C/COc1ccc(Br)cc1C#N)C(=O)O. The highest BCUT2D eigenvalue weighted by atomic mass is 79.9. The molecule has 1 rings (SSSR count). The Balaban J connectivity index is 2.76. The Morgan fingerprint density at radius 3 is 2.89 bits per heavy atom. The number of nitrogens with zero attached hydrogens (tertiary/aromatic N) is 1. The lowest BCUT2D eigenvalue weighted by molar-refractivity contribution is -0.132. The minimum absolute atomic E-state index is 0.131. The zero-order chi connectivity index (χ0) is 13.5. The summed E-state index contributed by atoms with van der Waals surface area (Å²) in [6.45, 7) is 1.89. The van der Waals surface area contributed by atoms with Crippen LogP contribution in [-0.4, -0.2) is 17.7 Å². The molecule has 0 aliphatic rings. The molecule has 0 saturated carbocycles. The van der Waals surface area contributed by atoms with Gasteiger partial charge in [0, 0.05) is 10.0 Å². The number of ether oxygens (including phenoxy) is 1. The molecule has 1 aromatic carbocycles. The van der Waals surface area contributed by atoms with Gasteiger partial charge in [-0.25, -0.2) is 4.79 Å². The lowest BCUT2D eigenvalue weighted by atomic mass is 10.2.